The maximum absolute atomic E-state index is 11.3. The summed E-state index contributed by atoms with van der Waals surface area (Å²) in [5, 5.41) is 12.8. The molecule has 4 atom stereocenters. The smallest absolute Gasteiger partial charge is 0.337 e. The van der Waals surface area contributed by atoms with Crippen molar-refractivity contribution < 1.29 is 9.90 Å². The van der Waals surface area contributed by atoms with Crippen molar-refractivity contribution in [3.63, 3.8) is 0 Å². The summed E-state index contributed by atoms with van der Waals surface area (Å²) in [7, 11) is 0. The minimum Gasteiger partial charge on any atom is -0.478 e. The lowest BCUT2D eigenvalue weighted by atomic mass is 9.84. The Morgan fingerprint density at radius 3 is 2.71 bits per heavy atom. The predicted octanol–water partition coefficient (Wildman–Crippen LogP) is 3.51. The Morgan fingerprint density at radius 1 is 1.38 bits per heavy atom. The van der Waals surface area contributed by atoms with Gasteiger partial charge in [-0.2, -0.15) is 0 Å². The monoisotopic (exact) mass is 288 g/mol. The summed E-state index contributed by atoms with van der Waals surface area (Å²) < 4.78 is 0. The number of rotatable bonds is 4. The molecule has 2 bridgehead atoms. The molecule has 2 aliphatic carbocycles. The molecular formula is C17H24N2O2. The molecule has 4 heteroatoms. The van der Waals surface area contributed by atoms with E-state index in [1.54, 1.807) is 6.07 Å². The SMILES string of the molecule is Cc1cc(NC(C)C2CC3CCC2C3)cc(C(=O)O)c1N. The fraction of sp³-hybridized carbons (Fsp3) is 0.588. The van der Waals surface area contributed by atoms with Gasteiger partial charge in [0.2, 0.25) is 0 Å². The van der Waals surface area contributed by atoms with Crippen molar-refractivity contribution in [2.45, 2.75) is 45.6 Å². The lowest BCUT2D eigenvalue weighted by Crippen LogP contribution is -2.30. The highest BCUT2D eigenvalue weighted by Gasteiger charge is 2.41. The number of aromatic carboxylic acids is 1. The standard InChI is InChI=1S/C17H24N2O2/c1-9-5-13(8-15(16(9)18)17(20)21)19-10(2)14-7-11-3-4-12(14)6-11/h5,8,10-12,14,19H,3-4,6-7,18H2,1-2H3,(H,20,21). The number of anilines is 2. The van der Waals surface area contributed by atoms with Crippen LogP contribution < -0.4 is 11.1 Å². The first-order valence-electron chi connectivity index (χ1n) is 7.85. The fourth-order valence-corrected chi connectivity index (χ4v) is 4.33. The Hall–Kier alpha value is -1.71. The zero-order valence-corrected chi connectivity index (χ0v) is 12.7. The minimum absolute atomic E-state index is 0.192. The van der Waals surface area contributed by atoms with Crippen LogP contribution in [0.2, 0.25) is 0 Å². The lowest BCUT2D eigenvalue weighted by Gasteiger charge is -2.29. The van der Waals surface area contributed by atoms with Crippen molar-refractivity contribution >= 4 is 17.3 Å². The number of carboxylic acid groups (broad SMARTS) is 1. The Balaban J connectivity index is 1.77. The number of carboxylic acids is 1. The van der Waals surface area contributed by atoms with E-state index in [0.29, 0.717) is 11.7 Å². The number of nitrogens with two attached hydrogens (primary N) is 1. The van der Waals surface area contributed by atoms with E-state index < -0.39 is 5.97 Å². The van der Waals surface area contributed by atoms with Gasteiger partial charge in [-0.3, -0.25) is 0 Å². The van der Waals surface area contributed by atoms with E-state index in [1.807, 2.05) is 13.0 Å². The maximum Gasteiger partial charge on any atom is 0.337 e. The summed E-state index contributed by atoms with van der Waals surface area (Å²) in [6.07, 6.45) is 5.47. The number of nitrogens with one attached hydrogen (secondary N) is 1. The number of hydrogen-bond donors (Lipinski definition) is 3. The topological polar surface area (TPSA) is 75.3 Å². The second-order valence-corrected chi connectivity index (χ2v) is 6.83. The van der Waals surface area contributed by atoms with Crippen LogP contribution in [-0.2, 0) is 0 Å². The van der Waals surface area contributed by atoms with Gasteiger partial charge in [0.25, 0.3) is 0 Å². The van der Waals surface area contributed by atoms with Crippen LogP contribution in [0.4, 0.5) is 11.4 Å². The van der Waals surface area contributed by atoms with Crippen molar-refractivity contribution in [1.29, 1.82) is 0 Å². The van der Waals surface area contributed by atoms with Crippen molar-refractivity contribution in [3.05, 3.63) is 23.3 Å². The van der Waals surface area contributed by atoms with E-state index in [9.17, 15) is 9.90 Å². The van der Waals surface area contributed by atoms with Gasteiger partial charge < -0.3 is 16.2 Å². The summed E-state index contributed by atoms with van der Waals surface area (Å²) in [6, 6.07) is 3.99. The predicted molar refractivity (Wildman–Crippen MR) is 84.6 cm³/mol. The molecule has 1 aromatic carbocycles. The second-order valence-electron chi connectivity index (χ2n) is 6.83. The Morgan fingerprint density at radius 2 is 2.14 bits per heavy atom. The summed E-state index contributed by atoms with van der Waals surface area (Å²) in [5.41, 5.74) is 8.09. The van der Waals surface area contributed by atoms with Crippen LogP contribution in [0.5, 0.6) is 0 Å². The molecular weight excluding hydrogens is 264 g/mol. The largest absolute Gasteiger partial charge is 0.478 e. The van der Waals surface area contributed by atoms with E-state index in [1.165, 1.54) is 25.7 Å². The molecule has 2 fully saturated rings. The maximum atomic E-state index is 11.3. The van der Waals surface area contributed by atoms with E-state index >= 15 is 0 Å². The van der Waals surface area contributed by atoms with Gasteiger partial charge in [-0.05, 0) is 68.6 Å². The third-order valence-corrected chi connectivity index (χ3v) is 5.45. The van der Waals surface area contributed by atoms with Crippen LogP contribution in [-0.4, -0.2) is 17.1 Å². The Bertz CT molecular complexity index is 570. The molecule has 114 valence electrons. The normalized spacial score (nSPS) is 28.6. The first kappa shape index (κ1) is 14.2. The zero-order chi connectivity index (χ0) is 15.1. The molecule has 4 nitrogen and oxygen atoms in total. The first-order chi connectivity index (χ1) is 9.95. The molecule has 0 spiro atoms. The average molecular weight is 288 g/mol. The van der Waals surface area contributed by atoms with Crippen molar-refractivity contribution in [1.82, 2.24) is 0 Å². The molecule has 2 saturated carbocycles. The first-order valence-corrected chi connectivity index (χ1v) is 7.85. The van der Waals surface area contributed by atoms with Crippen molar-refractivity contribution in [2.24, 2.45) is 17.8 Å². The van der Waals surface area contributed by atoms with Gasteiger partial charge in [-0.15, -0.1) is 0 Å². The molecule has 0 saturated heterocycles. The Kier molecular flexibility index (Phi) is 3.56. The molecule has 0 heterocycles. The summed E-state index contributed by atoms with van der Waals surface area (Å²) in [6.45, 7) is 4.08. The number of benzene rings is 1. The van der Waals surface area contributed by atoms with Crippen molar-refractivity contribution in [2.75, 3.05) is 11.1 Å². The molecule has 1 aromatic rings. The van der Waals surface area contributed by atoms with Crippen molar-refractivity contribution in [3.8, 4) is 0 Å². The number of hydrogen-bond acceptors (Lipinski definition) is 3. The summed E-state index contributed by atoms with van der Waals surface area (Å²) in [4.78, 5) is 11.3. The van der Waals surface area contributed by atoms with E-state index in [-0.39, 0.29) is 5.56 Å². The molecule has 0 aromatic heterocycles. The van der Waals surface area contributed by atoms with Crippen LogP contribution in [0.25, 0.3) is 0 Å². The third-order valence-electron chi connectivity index (χ3n) is 5.45. The average Bonchev–Trinajstić information content (AvgIpc) is 3.04. The fourth-order valence-electron chi connectivity index (χ4n) is 4.33. The van der Waals surface area contributed by atoms with Crippen LogP contribution in [0.1, 0.15) is 48.5 Å². The molecule has 0 radical (unpaired) electrons. The zero-order valence-electron chi connectivity index (χ0n) is 12.7. The van der Waals surface area contributed by atoms with Gasteiger partial charge >= 0.3 is 5.97 Å². The minimum atomic E-state index is -0.966. The van der Waals surface area contributed by atoms with Gasteiger partial charge in [-0.1, -0.05) is 6.42 Å². The molecule has 4 N–H and O–H groups in total. The molecule has 4 unspecified atom stereocenters. The highest BCUT2D eigenvalue weighted by atomic mass is 16.4. The van der Waals surface area contributed by atoms with Gasteiger partial charge in [0, 0.05) is 17.4 Å². The van der Waals surface area contributed by atoms with Crippen LogP contribution in [0.15, 0.2) is 12.1 Å². The van der Waals surface area contributed by atoms with E-state index in [4.69, 9.17) is 5.73 Å². The quantitative estimate of drug-likeness (QED) is 0.741. The van der Waals surface area contributed by atoms with Gasteiger partial charge in [0.15, 0.2) is 0 Å². The van der Waals surface area contributed by atoms with Gasteiger partial charge in [0.1, 0.15) is 0 Å². The number of aryl methyl sites for hydroxylation is 1. The van der Waals surface area contributed by atoms with E-state index in [0.717, 1.165) is 29.0 Å². The molecule has 21 heavy (non-hydrogen) atoms. The van der Waals surface area contributed by atoms with Gasteiger partial charge in [0.05, 0.1) is 5.56 Å². The second kappa shape index (κ2) is 5.24. The molecule has 3 rings (SSSR count). The molecule has 0 aliphatic heterocycles. The highest BCUT2D eigenvalue weighted by molar-refractivity contribution is 5.95. The van der Waals surface area contributed by atoms with Crippen LogP contribution >= 0.6 is 0 Å². The third kappa shape index (κ3) is 2.59. The summed E-state index contributed by atoms with van der Waals surface area (Å²) >= 11 is 0. The highest BCUT2D eigenvalue weighted by Crippen LogP contribution is 2.49. The molecule has 2 aliphatic rings. The molecule has 0 amide bonds. The number of nitrogen functional groups attached to an aromatic ring is 1. The van der Waals surface area contributed by atoms with Gasteiger partial charge in [-0.25, -0.2) is 4.79 Å². The van der Waals surface area contributed by atoms with Crippen LogP contribution in [0.3, 0.4) is 0 Å². The van der Waals surface area contributed by atoms with Crippen LogP contribution in [0, 0.1) is 24.7 Å². The lowest BCUT2D eigenvalue weighted by molar-refractivity contribution is 0.0698. The summed E-state index contributed by atoms with van der Waals surface area (Å²) in [5.74, 6) is 1.53. The Labute approximate surface area is 125 Å². The number of carbonyl (C=O) groups is 1. The van der Waals surface area contributed by atoms with E-state index in [2.05, 4.69) is 12.2 Å². The number of fused-ring (bicyclic) bond motifs is 2.